The molecule has 2 aromatic carbocycles. The third-order valence-electron chi connectivity index (χ3n) is 4.80. The Morgan fingerprint density at radius 3 is 2.34 bits per heavy atom. The number of benzene rings is 2. The Kier molecular flexibility index (Phi) is 5.67. The molecule has 29 heavy (non-hydrogen) atoms. The number of nitrogens with one attached hydrogen (secondary N) is 1. The number of hydrogen-bond donors (Lipinski definition) is 1. The number of ether oxygens (including phenoxy) is 1. The molecule has 0 aliphatic carbocycles. The zero-order valence-electron chi connectivity index (χ0n) is 16.3. The molecule has 2 heterocycles. The summed E-state index contributed by atoms with van der Waals surface area (Å²) < 4.78 is 5.77. The molecule has 1 amide bonds. The molecule has 1 aliphatic heterocycles. The minimum atomic E-state index is -0.264. The van der Waals surface area contributed by atoms with Gasteiger partial charge in [-0.25, -0.2) is 9.97 Å². The van der Waals surface area contributed by atoms with Crippen LogP contribution in [0.15, 0.2) is 67.0 Å². The summed E-state index contributed by atoms with van der Waals surface area (Å²) in [6.45, 7) is 3.72. The van der Waals surface area contributed by atoms with Gasteiger partial charge >= 0.3 is 0 Å². The van der Waals surface area contributed by atoms with Gasteiger partial charge in [-0.3, -0.25) is 4.79 Å². The fourth-order valence-electron chi connectivity index (χ4n) is 3.11. The Bertz CT molecular complexity index is 954. The molecule has 0 unspecified atom stereocenters. The number of carbonyl (C=O) groups excluding carboxylic acids is 1. The van der Waals surface area contributed by atoms with E-state index in [1.54, 1.807) is 18.2 Å². The van der Waals surface area contributed by atoms with Gasteiger partial charge < -0.3 is 19.9 Å². The maximum atomic E-state index is 12.6. The van der Waals surface area contributed by atoms with Crippen molar-refractivity contribution in [3.8, 4) is 11.5 Å². The number of carbonyl (C=O) groups is 1. The first kappa shape index (κ1) is 18.9. The molecule has 0 saturated carbocycles. The van der Waals surface area contributed by atoms with E-state index >= 15 is 0 Å². The Morgan fingerprint density at radius 1 is 0.931 bits per heavy atom. The highest BCUT2D eigenvalue weighted by Crippen LogP contribution is 2.23. The Balaban J connectivity index is 1.39. The van der Waals surface area contributed by atoms with Gasteiger partial charge in [0, 0.05) is 37.9 Å². The largest absolute Gasteiger partial charge is 0.457 e. The third kappa shape index (κ3) is 4.89. The van der Waals surface area contributed by atoms with E-state index in [0.717, 1.165) is 37.7 Å². The second-order valence-electron chi connectivity index (χ2n) is 6.95. The van der Waals surface area contributed by atoms with Gasteiger partial charge in [0.2, 0.25) is 0 Å². The van der Waals surface area contributed by atoms with E-state index in [1.807, 2.05) is 42.5 Å². The standard InChI is InChI=1S/C22H23N5O2/c1-26-11-13-27(14-12-26)21-15-20(23-16-24-21)22(28)25-17-7-9-19(10-8-17)29-18-5-3-2-4-6-18/h2-10,15-16H,11-14H2,1H3,(H,25,28). The van der Waals surface area contributed by atoms with Gasteiger partial charge in [0.1, 0.15) is 29.3 Å². The van der Waals surface area contributed by atoms with Gasteiger partial charge in [-0.15, -0.1) is 0 Å². The number of anilines is 2. The van der Waals surface area contributed by atoms with E-state index in [2.05, 4.69) is 32.1 Å². The number of piperazine rings is 1. The summed E-state index contributed by atoms with van der Waals surface area (Å²) in [5, 5.41) is 2.87. The average molecular weight is 389 g/mol. The van der Waals surface area contributed by atoms with E-state index in [0.29, 0.717) is 17.1 Å². The molecule has 1 fully saturated rings. The highest BCUT2D eigenvalue weighted by molar-refractivity contribution is 6.03. The fourth-order valence-corrected chi connectivity index (χ4v) is 3.11. The van der Waals surface area contributed by atoms with Crippen LogP contribution in [0.3, 0.4) is 0 Å². The number of aromatic nitrogens is 2. The highest BCUT2D eigenvalue weighted by Gasteiger charge is 2.17. The van der Waals surface area contributed by atoms with Gasteiger partial charge in [-0.2, -0.15) is 0 Å². The maximum Gasteiger partial charge on any atom is 0.274 e. The number of rotatable bonds is 5. The molecule has 1 aromatic heterocycles. The topological polar surface area (TPSA) is 70.6 Å². The molecule has 0 spiro atoms. The lowest BCUT2D eigenvalue weighted by Crippen LogP contribution is -2.44. The Hall–Kier alpha value is -3.45. The van der Waals surface area contributed by atoms with E-state index in [1.165, 1.54) is 6.33 Å². The zero-order chi connectivity index (χ0) is 20.1. The molecule has 1 aliphatic rings. The van der Waals surface area contributed by atoms with Crippen molar-refractivity contribution in [1.82, 2.24) is 14.9 Å². The first-order chi connectivity index (χ1) is 14.2. The normalized spacial score (nSPS) is 14.4. The zero-order valence-corrected chi connectivity index (χ0v) is 16.3. The van der Waals surface area contributed by atoms with E-state index in [-0.39, 0.29) is 5.91 Å². The maximum absolute atomic E-state index is 12.6. The molecule has 0 atom stereocenters. The van der Waals surface area contributed by atoms with Crippen LogP contribution < -0.4 is 15.0 Å². The molecule has 0 radical (unpaired) electrons. The third-order valence-corrected chi connectivity index (χ3v) is 4.80. The number of para-hydroxylation sites is 1. The van der Waals surface area contributed by atoms with Crippen LogP contribution in [0.4, 0.5) is 11.5 Å². The molecule has 7 heteroatoms. The van der Waals surface area contributed by atoms with Crippen LogP contribution in [-0.4, -0.2) is 54.0 Å². The van der Waals surface area contributed by atoms with Crippen molar-refractivity contribution in [3.05, 3.63) is 72.7 Å². The predicted octanol–water partition coefficient (Wildman–Crippen LogP) is 3.27. The molecule has 3 aromatic rings. The first-order valence-electron chi connectivity index (χ1n) is 9.57. The number of likely N-dealkylation sites (N-methyl/N-ethyl adjacent to an activating group) is 1. The van der Waals surface area contributed by atoms with Crippen LogP contribution in [0.2, 0.25) is 0 Å². The first-order valence-corrected chi connectivity index (χ1v) is 9.57. The summed E-state index contributed by atoms with van der Waals surface area (Å²) in [5.41, 5.74) is 1.02. The quantitative estimate of drug-likeness (QED) is 0.722. The molecule has 7 nitrogen and oxygen atoms in total. The van der Waals surface area contributed by atoms with E-state index in [9.17, 15) is 4.79 Å². The van der Waals surface area contributed by atoms with Crippen molar-refractivity contribution in [2.75, 3.05) is 43.4 Å². The minimum absolute atomic E-state index is 0.264. The monoisotopic (exact) mass is 389 g/mol. The Morgan fingerprint density at radius 2 is 1.62 bits per heavy atom. The molecule has 1 saturated heterocycles. The minimum Gasteiger partial charge on any atom is -0.457 e. The van der Waals surface area contributed by atoms with Crippen LogP contribution in [0.5, 0.6) is 11.5 Å². The number of nitrogens with zero attached hydrogens (tertiary/aromatic N) is 4. The van der Waals surface area contributed by atoms with Crippen molar-refractivity contribution < 1.29 is 9.53 Å². The molecular weight excluding hydrogens is 366 g/mol. The van der Waals surface area contributed by atoms with Gasteiger partial charge in [0.25, 0.3) is 5.91 Å². The highest BCUT2D eigenvalue weighted by atomic mass is 16.5. The van der Waals surface area contributed by atoms with Crippen LogP contribution in [-0.2, 0) is 0 Å². The predicted molar refractivity (Wildman–Crippen MR) is 113 cm³/mol. The van der Waals surface area contributed by atoms with E-state index < -0.39 is 0 Å². The second kappa shape index (κ2) is 8.70. The lowest BCUT2D eigenvalue weighted by Gasteiger charge is -2.33. The molecule has 148 valence electrons. The Labute approximate surface area is 170 Å². The van der Waals surface area contributed by atoms with Crippen LogP contribution >= 0.6 is 0 Å². The van der Waals surface area contributed by atoms with Crippen molar-refractivity contribution in [2.24, 2.45) is 0 Å². The lowest BCUT2D eigenvalue weighted by molar-refractivity contribution is 0.102. The van der Waals surface area contributed by atoms with Crippen LogP contribution in [0, 0.1) is 0 Å². The second-order valence-corrected chi connectivity index (χ2v) is 6.95. The van der Waals surface area contributed by atoms with Crippen molar-refractivity contribution in [3.63, 3.8) is 0 Å². The number of hydrogen-bond acceptors (Lipinski definition) is 6. The van der Waals surface area contributed by atoms with Gasteiger partial charge in [0.15, 0.2) is 0 Å². The average Bonchev–Trinajstić information content (AvgIpc) is 2.76. The van der Waals surface area contributed by atoms with Gasteiger partial charge in [0.05, 0.1) is 0 Å². The molecular formula is C22H23N5O2. The van der Waals surface area contributed by atoms with Crippen molar-refractivity contribution in [1.29, 1.82) is 0 Å². The summed E-state index contributed by atoms with van der Waals surface area (Å²) in [6, 6.07) is 18.5. The molecule has 1 N–H and O–H groups in total. The summed E-state index contributed by atoms with van der Waals surface area (Å²) in [6.07, 6.45) is 1.44. The van der Waals surface area contributed by atoms with Crippen LogP contribution in [0.1, 0.15) is 10.5 Å². The summed E-state index contributed by atoms with van der Waals surface area (Å²) in [4.78, 5) is 25.5. The van der Waals surface area contributed by atoms with E-state index in [4.69, 9.17) is 4.74 Å². The number of amides is 1. The summed E-state index contributed by atoms with van der Waals surface area (Å²) >= 11 is 0. The van der Waals surface area contributed by atoms with Gasteiger partial charge in [-0.05, 0) is 43.4 Å². The summed E-state index contributed by atoms with van der Waals surface area (Å²) in [7, 11) is 2.10. The van der Waals surface area contributed by atoms with Crippen LogP contribution in [0.25, 0.3) is 0 Å². The fraction of sp³-hybridized carbons (Fsp3) is 0.227. The van der Waals surface area contributed by atoms with Crippen molar-refractivity contribution in [2.45, 2.75) is 0 Å². The molecule has 4 rings (SSSR count). The SMILES string of the molecule is CN1CCN(c2cc(C(=O)Nc3ccc(Oc4ccccc4)cc3)ncn2)CC1. The van der Waals surface area contributed by atoms with Crippen molar-refractivity contribution >= 4 is 17.4 Å². The van der Waals surface area contributed by atoms with Gasteiger partial charge in [-0.1, -0.05) is 18.2 Å². The summed E-state index contributed by atoms with van der Waals surface area (Å²) in [5.74, 6) is 1.99. The lowest BCUT2D eigenvalue weighted by atomic mass is 10.2. The smallest absolute Gasteiger partial charge is 0.274 e. The molecule has 0 bridgehead atoms.